The maximum absolute atomic E-state index is 4.64. The molecule has 1 N–H and O–H groups in total. The minimum Gasteiger partial charge on any atom is -0.361 e. The molecule has 3 nitrogen and oxygen atoms in total. The van der Waals surface area contributed by atoms with Crippen molar-refractivity contribution in [2.24, 2.45) is 5.92 Å². The summed E-state index contributed by atoms with van der Waals surface area (Å²) in [5.41, 5.74) is 1.08. The van der Waals surface area contributed by atoms with Gasteiger partial charge in [0, 0.05) is 11.0 Å². The lowest BCUT2D eigenvalue weighted by atomic mass is 9.94. The number of piperidine rings is 1. The van der Waals surface area contributed by atoms with E-state index in [2.05, 4.69) is 56.4 Å². The summed E-state index contributed by atoms with van der Waals surface area (Å²) >= 11 is 5.23. The van der Waals surface area contributed by atoms with Gasteiger partial charge in [-0.15, -0.1) is 0 Å². The number of rotatable bonds is 4. The van der Waals surface area contributed by atoms with Crippen LogP contribution in [-0.2, 0) is 0 Å². The van der Waals surface area contributed by atoms with Gasteiger partial charge in [0.2, 0.25) is 0 Å². The Bertz CT molecular complexity index is 576. The van der Waals surface area contributed by atoms with E-state index in [0.717, 1.165) is 27.6 Å². The zero-order chi connectivity index (χ0) is 13.9. The van der Waals surface area contributed by atoms with Crippen LogP contribution in [0.2, 0.25) is 0 Å². The van der Waals surface area contributed by atoms with E-state index in [1.165, 1.54) is 37.1 Å². The number of benzene rings is 1. The summed E-state index contributed by atoms with van der Waals surface area (Å²) in [6.45, 7) is 3.54. The topological polar surface area (TPSA) is 28.2 Å². The summed E-state index contributed by atoms with van der Waals surface area (Å²) in [6.07, 6.45) is 3.93. The number of thiazole rings is 1. The molecule has 1 aliphatic heterocycles. The van der Waals surface area contributed by atoms with E-state index in [-0.39, 0.29) is 0 Å². The van der Waals surface area contributed by atoms with Gasteiger partial charge in [-0.3, -0.25) is 0 Å². The van der Waals surface area contributed by atoms with E-state index in [9.17, 15) is 0 Å². The second-order valence-corrected chi connectivity index (χ2v) is 7.54. The van der Waals surface area contributed by atoms with E-state index >= 15 is 0 Å². The van der Waals surface area contributed by atoms with Crippen molar-refractivity contribution in [3.63, 3.8) is 0 Å². The fourth-order valence-electron chi connectivity index (χ4n) is 2.71. The molecule has 1 aromatic heterocycles. The molecule has 1 aromatic carbocycles. The zero-order valence-corrected chi connectivity index (χ0v) is 14.1. The average molecular weight is 354 g/mol. The Morgan fingerprint density at radius 2 is 2.20 bits per heavy atom. The van der Waals surface area contributed by atoms with Gasteiger partial charge in [0.05, 0.1) is 10.2 Å². The molecule has 1 saturated heterocycles. The van der Waals surface area contributed by atoms with Crippen LogP contribution in [0.25, 0.3) is 10.2 Å². The number of halogens is 1. The largest absolute Gasteiger partial charge is 0.361 e. The lowest BCUT2D eigenvalue weighted by Crippen LogP contribution is -2.30. The van der Waals surface area contributed by atoms with Gasteiger partial charge in [-0.05, 0) is 63.5 Å². The molecule has 108 valence electrons. The molecule has 2 heterocycles. The number of likely N-dealkylation sites (tertiary alicyclic amines) is 1. The van der Waals surface area contributed by atoms with Crippen molar-refractivity contribution in [2.45, 2.75) is 19.3 Å². The van der Waals surface area contributed by atoms with Crippen LogP contribution >= 0.6 is 27.3 Å². The van der Waals surface area contributed by atoms with Gasteiger partial charge in [0.15, 0.2) is 5.13 Å². The third kappa shape index (κ3) is 3.51. The van der Waals surface area contributed by atoms with Gasteiger partial charge in [-0.25, -0.2) is 4.98 Å². The van der Waals surface area contributed by atoms with Crippen molar-refractivity contribution in [3.05, 3.63) is 22.7 Å². The van der Waals surface area contributed by atoms with Crippen LogP contribution in [0.5, 0.6) is 0 Å². The zero-order valence-electron chi connectivity index (χ0n) is 11.7. The fraction of sp³-hybridized carbons (Fsp3) is 0.533. The molecule has 0 unspecified atom stereocenters. The molecule has 1 aliphatic rings. The van der Waals surface area contributed by atoms with Crippen molar-refractivity contribution in [1.29, 1.82) is 0 Å². The molecular weight excluding hydrogens is 334 g/mol. The van der Waals surface area contributed by atoms with Crippen molar-refractivity contribution < 1.29 is 0 Å². The number of nitrogens with one attached hydrogen (secondary N) is 1. The minimum atomic E-state index is 0.877. The molecular formula is C15H20BrN3S. The number of hydrogen-bond donors (Lipinski definition) is 1. The van der Waals surface area contributed by atoms with Crippen molar-refractivity contribution in [2.75, 3.05) is 32.0 Å². The monoisotopic (exact) mass is 353 g/mol. The first-order valence-electron chi connectivity index (χ1n) is 7.19. The molecule has 0 radical (unpaired) electrons. The van der Waals surface area contributed by atoms with Crippen LogP contribution in [0.4, 0.5) is 5.13 Å². The van der Waals surface area contributed by atoms with Crippen molar-refractivity contribution in [3.8, 4) is 0 Å². The van der Waals surface area contributed by atoms with Crippen LogP contribution in [0.3, 0.4) is 0 Å². The van der Waals surface area contributed by atoms with Crippen LogP contribution in [0, 0.1) is 5.92 Å². The second kappa shape index (κ2) is 6.41. The van der Waals surface area contributed by atoms with Crippen molar-refractivity contribution >= 4 is 42.6 Å². The summed E-state index contributed by atoms with van der Waals surface area (Å²) in [5.74, 6) is 0.877. The summed E-state index contributed by atoms with van der Waals surface area (Å²) in [6, 6.07) is 6.27. The molecule has 1 fully saturated rings. The Hall–Kier alpha value is -0.650. The minimum absolute atomic E-state index is 0.877. The van der Waals surface area contributed by atoms with Gasteiger partial charge in [-0.2, -0.15) is 0 Å². The van der Waals surface area contributed by atoms with Crippen LogP contribution in [0.1, 0.15) is 19.3 Å². The predicted octanol–water partition coefficient (Wildman–Crippen LogP) is 4.20. The summed E-state index contributed by atoms with van der Waals surface area (Å²) < 4.78 is 2.34. The highest BCUT2D eigenvalue weighted by Crippen LogP contribution is 2.28. The Morgan fingerprint density at radius 1 is 1.40 bits per heavy atom. The van der Waals surface area contributed by atoms with Gasteiger partial charge in [-0.1, -0.05) is 27.3 Å². The predicted molar refractivity (Wildman–Crippen MR) is 90.6 cm³/mol. The Balaban J connectivity index is 1.52. The van der Waals surface area contributed by atoms with Crippen LogP contribution in [0.15, 0.2) is 22.7 Å². The first-order chi connectivity index (χ1) is 9.70. The molecule has 2 aromatic rings. The van der Waals surface area contributed by atoms with E-state index < -0.39 is 0 Å². The first kappa shape index (κ1) is 14.3. The summed E-state index contributed by atoms with van der Waals surface area (Å²) in [5, 5.41) is 4.54. The molecule has 0 spiro atoms. The van der Waals surface area contributed by atoms with Gasteiger partial charge in [0.1, 0.15) is 0 Å². The van der Waals surface area contributed by atoms with Crippen molar-refractivity contribution in [1.82, 2.24) is 9.88 Å². The second-order valence-electron chi connectivity index (χ2n) is 5.59. The number of anilines is 1. The number of fused-ring (bicyclic) bond motifs is 1. The summed E-state index contributed by atoms with van der Waals surface area (Å²) in [4.78, 5) is 7.06. The molecule has 20 heavy (non-hydrogen) atoms. The highest BCUT2D eigenvalue weighted by Gasteiger charge is 2.16. The molecule has 0 amide bonds. The quantitative estimate of drug-likeness (QED) is 0.892. The lowest BCUT2D eigenvalue weighted by molar-refractivity contribution is 0.215. The SMILES string of the molecule is CN1CCC(CCNc2nc3cc(Br)ccc3s2)CC1. The third-order valence-electron chi connectivity index (χ3n) is 4.02. The maximum atomic E-state index is 4.64. The first-order valence-corrected chi connectivity index (χ1v) is 8.80. The van der Waals surface area contributed by atoms with Gasteiger partial charge in [0.25, 0.3) is 0 Å². The Kier molecular flexibility index (Phi) is 4.58. The normalized spacial score (nSPS) is 17.7. The maximum Gasteiger partial charge on any atom is 0.183 e. The number of nitrogens with zero attached hydrogens (tertiary/aromatic N) is 2. The number of aromatic nitrogens is 1. The highest BCUT2D eigenvalue weighted by atomic mass is 79.9. The standard InChI is InChI=1S/C15H20BrN3S/c1-19-8-5-11(6-9-19)4-7-17-15-18-13-10-12(16)2-3-14(13)20-15/h2-3,10-11H,4-9H2,1H3,(H,17,18). The summed E-state index contributed by atoms with van der Waals surface area (Å²) in [7, 11) is 2.22. The average Bonchev–Trinajstić information content (AvgIpc) is 2.83. The van der Waals surface area contributed by atoms with Crippen LogP contribution in [-0.4, -0.2) is 36.6 Å². The fourth-order valence-corrected chi connectivity index (χ4v) is 3.93. The highest BCUT2D eigenvalue weighted by molar-refractivity contribution is 9.10. The van der Waals surface area contributed by atoms with Gasteiger partial charge < -0.3 is 10.2 Å². The molecule has 0 aliphatic carbocycles. The number of hydrogen-bond acceptors (Lipinski definition) is 4. The molecule has 0 atom stereocenters. The van der Waals surface area contributed by atoms with E-state index in [0.29, 0.717) is 0 Å². The van der Waals surface area contributed by atoms with E-state index in [1.54, 1.807) is 11.3 Å². The third-order valence-corrected chi connectivity index (χ3v) is 5.50. The molecule has 0 saturated carbocycles. The smallest absolute Gasteiger partial charge is 0.183 e. The lowest BCUT2D eigenvalue weighted by Gasteiger charge is -2.28. The van der Waals surface area contributed by atoms with Crippen LogP contribution < -0.4 is 5.32 Å². The molecule has 3 rings (SSSR count). The van der Waals surface area contributed by atoms with E-state index in [1.807, 2.05) is 0 Å². The van der Waals surface area contributed by atoms with E-state index in [4.69, 9.17) is 0 Å². The Labute approximate surface area is 132 Å². The Morgan fingerprint density at radius 3 is 3.00 bits per heavy atom. The molecule has 0 bridgehead atoms. The molecule has 5 heteroatoms. The van der Waals surface area contributed by atoms with Gasteiger partial charge >= 0.3 is 0 Å².